The molecule has 0 amide bonds. The average Bonchev–Trinajstić information content (AvgIpc) is 2.96. The Hall–Kier alpha value is -1.72. The number of nitrogens with two attached hydrogens (primary N) is 1. The van der Waals surface area contributed by atoms with Crippen molar-refractivity contribution >= 4 is 34.2 Å². The molecule has 3 aromatic rings. The number of thiocarbonyl (C=S) groups is 1. The number of nitrogens with zero attached hydrogens (tertiary/aromatic N) is 2. The van der Waals surface area contributed by atoms with Crippen LogP contribution in [0.2, 0.25) is 0 Å². The van der Waals surface area contributed by atoms with E-state index in [2.05, 4.69) is 28.8 Å². The van der Waals surface area contributed by atoms with Crippen LogP contribution in [0.4, 0.5) is 0 Å². The third kappa shape index (κ3) is 2.15. The Morgan fingerprint density at radius 3 is 2.89 bits per heavy atom. The maximum Gasteiger partial charge on any atom is 0.137 e. The third-order valence-corrected chi connectivity index (χ3v) is 4.05. The van der Waals surface area contributed by atoms with Crippen molar-refractivity contribution in [1.29, 1.82) is 0 Å². The fourth-order valence-electron chi connectivity index (χ4n) is 2.27. The lowest BCUT2D eigenvalue weighted by atomic mass is 10.2. The molecular formula is C14H13N3S2. The van der Waals surface area contributed by atoms with Crippen molar-refractivity contribution < 1.29 is 0 Å². The van der Waals surface area contributed by atoms with Crippen molar-refractivity contribution in [2.75, 3.05) is 0 Å². The van der Waals surface area contributed by atoms with Crippen molar-refractivity contribution in [3.05, 3.63) is 47.1 Å². The summed E-state index contributed by atoms with van der Waals surface area (Å²) in [5.41, 5.74) is 9.87. The zero-order valence-corrected chi connectivity index (χ0v) is 12.1. The second kappa shape index (κ2) is 4.75. The molecule has 96 valence electrons. The van der Waals surface area contributed by atoms with Crippen LogP contribution in [0, 0.1) is 6.92 Å². The van der Waals surface area contributed by atoms with Crippen LogP contribution < -0.4 is 5.73 Å². The number of hydrogen-bond acceptors (Lipinski definition) is 3. The molecule has 0 bridgehead atoms. The quantitative estimate of drug-likeness (QED) is 0.752. The Kier molecular flexibility index (Phi) is 3.08. The summed E-state index contributed by atoms with van der Waals surface area (Å²) < 4.78 is 2.13. The molecule has 0 aliphatic heterocycles. The van der Waals surface area contributed by atoms with E-state index >= 15 is 0 Å². The van der Waals surface area contributed by atoms with Gasteiger partial charge in [0.15, 0.2) is 0 Å². The molecule has 0 saturated carbocycles. The van der Waals surface area contributed by atoms with Crippen LogP contribution in [0.15, 0.2) is 35.7 Å². The van der Waals surface area contributed by atoms with E-state index in [0.29, 0.717) is 11.4 Å². The highest BCUT2D eigenvalue weighted by molar-refractivity contribution is 7.80. The molecule has 3 nitrogen and oxygen atoms in total. The van der Waals surface area contributed by atoms with E-state index in [0.717, 1.165) is 27.6 Å². The minimum absolute atomic E-state index is 0.489. The molecule has 0 aliphatic carbocycles. The first-order valence-electron chi connectivity index (χ1n) is 5.96. The standard InChI is InChI=1S/C14H13N3S2/c1-9-4-2-6-13-16-14(11-5-3-7-19-11)10(17(9)13)8-12(15)18/h2-7H,8H2,1H3,(H2,15,18). The molecule has 0 spiro atoms. The number of aromatic nitrogens is 2. The van der Waals surface area contributed by atoms with E-state index in [9.17, 15) is 0 Å². The van der Waals surface area contributed by atoms with Gasteiger partial charge < -0.3 is 10.1 Å². The van der Waals surface area contributed by atoms with Gasteiger partial charge in [0.05, 0.1) is 15.6 Å². The van der Waals surface area contributed by atoms with Crippen LogP contribution in [0.3, 0.4) is 0 Å². The minimum Gasteiger partial charge on any atom is -0.393 e. The van der Waals surface area contributed by atoms with Gasteiger partial charge >= 0.3 is 0 Å². The summed E-state index contributed by atoms with van der Waals surface area (Å²) in [4.78, 5) is 6.36. The Balaban J connectivity index is 2.32. The lowest BCUT2D eigenvalue weighted by Crippen LogP contribution is -2.13. The first-order chi connectivity index (χ1) is 9.16. The summed E-state index contributed by atoms with van der Waals surface area (Å²) in [5.74, 6) is 0. The zero-order valence-electron chi connectivity index (χ0n) is 10.5. The summed E-state index contributed by atoms with van der Waals surface area (Å²) in [6.07, 6.45) is 0.564. The molecule has 0 aliphatic rings. The molecule has 0 fully saturated rings. The number of pyridine rings is 1. The molecule has 19 heavy (non-hydrogen) atoms. The predicted octanol–water partition coefficient (Wildman–Crippen LogP) is 3.20. The minimum atomic E-state index is 0.489. The van der Waals surface area contributed by atoms with Gasteiger partial charge in [0, 0.05) is 12.1 Å². The van der Waals surface area contributed by atoms with Gasteiger partial charge in [-0.05, 0) is 30.5 Å². The second-order valence-corrected chi connectivity index (χ2v) is 5.86. The molecule has 3 rings (SSSR count). The lowest BCUT2D eigenvalue weighted by Gasteiger charge is -2.05. The van der Waals surface area contributed by atoms with E-state index in [4.69, 9.17) is 22.9 Å². The van der Waals surface area contributed by atoms with Crippen LogP contribution in [0.25, 0.3) is 16.2 Å². The Morgan fingerprint density at radius 2 is 2.21 bits per heavy atom. The van der Waals surface area contributed by atoms with Crippen molar-refractivity contribution in [2.45, 2.75) is 13.3 Å². The van der Waals surface area contributed by atoms with E-state index < -0.39 is 0 Å². The lowest BCUT2D eigenvalue weighted by molar-refractivity contribution is 1.02. The van der Waals surface area contributed by atoms with Gasteiger partial charge in [0.1, 0.15) is 11.3 Å². The molecule has 0 unspecified atom stereocenters. The van der Waals surface area contributed by atoms with Crippen molar-refractivity contribution in [1.82, 2.24) is 9.38 Å². The summed E-state index contributed by atoms with van der Waals surface area (Å²) in [6.45, 7) is 2.07. The number of thiophene rings is 1. The number of hydrogen-bond donors (Lipinski definition) is 1. The third-order valence-electron chi connectivity index (χ3n) is 3.03. The van der Waals surface area contributed by atoms with Gasteiger partial charge in [-0.2, -0.15) is 0 Å². The summed E-state index contributed by atoms with van der Waals surface area (Å²) >= 11 is 6.76. The van der Waals surface area contributed by atoms with Crippen molar-refractivity contribution in [2.24, 2.45) is 5.73 Å². The van der Waals surface area contributed by atoms with Crippen LogP contribution in [0.1, 0.15) is 11.4 Å². The monoisotopic (exact) mass is 287 g/mol. The number of rotatable bonds is 3. The smallest absolute Gasteiger partial charge is 0.137 e. The van der Waals surface area contributed by atoms with Gasteiger partial charge in [-0.25, -0.2) is 4.98 Å². The fraction of sp³-hybridized carbons (Fsp3) is 0.143. The molecule has 2 N–H and O–H groups in total. The highest BCUT2D eigenvalue weighted by Crippen LogP contribution is 2.29. The first kappa shape index (κ1) is 12.3. The van der Waals surface area contributed by atoms with Crippen LogP contribution in [-0.2, 0) is 6.42 Å². The fourth-order valence-corrected chi connectivity index (χ4v) is 3.14. The maximum absolute atomic E-state index is 5.74. The topological polar surface area (TPSA) is 43.3 Å². The van der Waals surface area contributed by atoms with Crippen molar-refractivity contribution in [3.8, 4) is 10.6 Å². The molecule has 0 aromatic carbocycles. The van der Waals surface area contributed by atoms with E-state index in [1.807, 2.05) is 18.2 Å². The first-order valence-corrected chi connectivity index (χ1v) is 7.25. The molecule has 5 heteroatoms. The molecule has 3 aromatic heterocycles. The predicted molar refractivity (Wildman–Crippen MR) is 83.7 cm³/mol. The second-order valence-electron chi connectivity index (χ2n) is 4.39. The van der Waals surface area contributed by atoms with E-state index in [1.165, 1.54) is 0 Å². The van der Waals surface area contributed by atoms with Gasteiger partial charge in [-0.15, -0.1) is 11.3 Å². The molecule has 0 saturated heterocycles. The zero-order chi connectivity index (χ0) is 13.4. The van der Waals surface area contributed by atoms with Gasteiger partial charge in [0.25, 0.3) is 0 Å². The van der Waals surface area contributed by atoms with Crippen molar-refractivity contribution in [3.63, 3.8) is 0 Å². The maximum atomic E-state index is 5.74. The van der Waals surface area contributed by atoms with Gasteiger partial charge in [-0.1, -0.05) is 24.4 Å². The van der Waals surface area contributed by atoms with Gasteiger partial charge in [-0.3, -0.25) is 0 Å². The summed E-state index contributed by atoms with van der Waals surface area (Å²) in [7, 11) is 0. The average molecular weight is 287 g/mol. The molecule has 3 heterocycles. The SMILES string of the molecule is Cc1cccc2nc(-c3cccs3)c(CC(N)=S)n12. The normalized spacial score (nSPS) is 11.0. The Bertz CT molecular complexity index is 741. The number of aryl methyl sites for hydroxylation is 1. The number of fused-ring (bicyclic) bond motifs is 1. The van der Waals surface area contributed by atoms with E-state index in [1.54, 1.807) is 11.3 Å². The molecule has 0 radical (unpaired) electrons. The highest BCUT2D eigenvalue weighted by Gasteiger charge is 2.16. The molecular weight excluding hydrogens is 274 g/mol. The van der Waals surface area contributed by atoms with Gasteiger partial charge in [0.2, 0.25) is 0 Å². The summed E-state index contributed by atoms with van der Waals surface area (Å²) in [5, 5.41) is 2.05. The van der Waals surface area contributed by atoms with Crippen LogP contribution in [0.5, 0.6) is 0 Å². The van der Waals surface area contributed by atoms with E-state index in [-0.39, 0.29) is 0 Å². The Morgan fingerprint density at radius 1 is 1.37 bits per heavy atom. The largest absolute Gasteiger partial charge is 0.393 e. The highest BCUT2D eigenvalue weighted by atomic mass is 32.1. The number of imidazole rings is 1. The summed E-state index contributed by atoms with van der Waals surface area (Å²) in [6, 6.07) is 10.2. The van der Waals surface area contributed by atoms with Crippen LogP contribution in [-0.4, -0.2) is 14.4 Å². The molecule has 0 atom stereocenters. The van der Waals surface area contributed by atoms with Crippen LogP contribution >= 0.6 is 23.6 Å². The Labute approximate surface area is 120 Å².